The summed E-state index contributed by atoms with van der Waals surface area (Å²) < 4.78 is 1.27. The van der Waals surface area contributed by atoms with Crippen molar-refractivity contribution in [3.05, 3.63) is 74.3 Å². The van der Waals surface area contributed by atoms with Crippen LogP contribution in [0.2, 0.25) is 10.0 Å². The van der Waals surface area contributed by atoms with Gasteiger partial charge in [0, 0.05) is 10.6 Å². The summed E-state index contributed by atoms with van der Waals surface area (Å²) in [6, 6.07) is 10.5. The lowest BCUT2D eigenvalue weighted by atomic mass is 10.0. The Morgan fingerprint density at radius 3 is 2.48 bits per heavy atom. The monoisotopic (exact) mass is 374 g/mol. The van der Waals surface area contributed by atoms with Gasteiger partial charge in [0.15, 0.2) is 5.78 Å². The molecule has 25 heavy (non-hydrogen) atoms. The molecule has 1 heterocycles. The van der Waals surface area contributed by atoms with Gasteiger partial charge < -0.3 is 0 Å². The van der Waals surface area contributed by atoms with Crippen molar-refractivity contribution in [2.75, 3.05) is 0 Å². The number of benzene rings is 2. The number of carbonyl (C=O) groups excluding carboxylic acids is 1. The quantitative estimate of drug-likeness (QED) is 0.621. The van der Waals surface area contributed by atoms with Crippen LogP contribution in [0.1, 0.15) is 35.7 Å². The van der Waals surface area contributed by atoms with E-state index in [1.165, 1.54) is 23.0 Å². The fraction of sp³-hybridized carbons (Fsp3) is 0.211. The number of carbonyl (C=O) groups is 1. The minimum atomic E-state index is -0.346. The number of nitrogens with zero attached hydrogens (tertiary/aromatic N) is 2. The molecule has 4 nitrogen and oxygen atoms in total. The summed E-state index contributed by atoms with van der Waals surface area (Å²) in [5.74, 6) is 0.234. The Morgan fingerprint density at radius 1 is 1.16 bits per heavy atom. The lowest BCUT2D eigenvalue weighted by molar-refractivity contribution is 0.0970. The minimum Gasteiger partial charge on any atom is -0.292 e. The zero-order valence-corrected chi connectivity index (χ0v) is 15.3. The third kappa shape index (κ3) is 3.60. The van der Waals surface area contributed by atoms with Crippen LogP contribution >= 0.6 is 23.2 Å². The Hall–Kier alpha value is -2.17. The van der Waals surface area contributed by atoms with Gasteiger partial charge in [0.1, 0.15) is 0 Å². The molecule has 0 fully saturated rings. The molecular formula is C19H16Cl2N2O2. The third-order valence-electron chi connectivity index (χ3n) is 4.06. The molecule has 0 spiro atoms. The molecule has 0 bridgehead atoms. The molecule has 0 atom stereocenters. The van der Waals surface area contributed by atoms with E-state index in [4.69, 9.17) is 23.2 Å². The number of hydrogen-bond acceptors (Lipinski definition) is 3. The number of Topliss-reactive ketones (excluding diaryl/α,β-unsaturated/α-hetero) is 1. The van der Waals surface area contributed by atoms with E-state index >= 15 is 0 Å². The van der Waals surface area contributed by atoms with E-state index in [1.54, 1.807) is 12.1 Å². The molecule has 0 aliphatic rings. The predicted molar refractivity (Wildman–Crippen MR) is 101 cm³/mol. The first-order valence-electron chi connectivity index (χ1n) is 7.84. The second-order valence-electron chi connectivity index (χ2n) is 6.16. The topological polar surface area (TPSA) is 52.0 Å². The van der Waals surface area contributed by atoms with Crippen molar-refractivity contribution in [2.24, 2.45) is 0 Å². The van der Waals surface area contributed by atoms with Gasteiger partial charge in [0.25, 0.3) is 5.56 Å². The number of aromatic nitrogens is 2. The Labute approximate surface area is 155 Å². The smallest absolute Gasteiger partial charge is 0.261 e. The maximum Gasteiger partial charge on any atom is 0.261 e. The van der Waals surface area contributed by atoms with E-state index in [0.29, 0.717) is 32.4 Å². The van der Waals surface area contributed by atoms with Crippen LogP contribution in [-0.2, 0) is 6.54 Å². The first kappa shape index (κ1) is 17.6. The predicted octanol–water partition coefficient (Wildman–Crippen LogP) is 4.71. The molecule has 0 unspecified atom stereocenters. The fourth-order valence-corrected chi connectivity index (χ4v) is 3.15. The van der Waals surface area contributed by atoms with E-state index in [1.807, 2.05) is 12.1 Å². The molecule has 0 aliphatic carbocycles. The zero-order valence-electron chi connectivity index (χ0n) is 13.8. The van der Waals surface area contributed by atoms with Crippen LogP contribution < -0.4 is 5.56 Å². The molecule has 3 rings (SSSR count). The Balaban J connectivity index is 1.93. The molecule has 0 radical (unpaired) electrons. The highest BCUT2D eigenvalue weighted by Gasteiger charge is 2.13. The van der Waals surface area contributed by atoms with Gasteiger partial charge in [-0.3, -0.25) is 14.2 Å². The van der Waals surface area contributed by atoms with Crippen LogP contribution in [0.4, 0.5) is 0 Å². The van der Waals surface area contributed by atoms with Gasteiger partial charge in [0.2, 0.25) is 0 Å². The second kappa shape index (κ2) is 6.98. The molecule has 128 valence electrons. The molecule has 6 heteroatoms. The standard InChI is InChI=1S/C19H16Cl2N2O2/c1-11(2)12-3-5-13(6-4-12)17(24)9-23-10-22-18-15(19(23)25)7-14(20)8-16(18)21/h3-8,10-11H,9H2,1-2H3. The summed E-state index contributed by atoms with van der Waals surface area (Å²) in [5, 5.41) is 0.954. The van der Waals surface area contributed by atoms with Gasteiger partial charge in [-0.05, 0) is 23.6 Å². The van der Waals surface area contributed by atoms with Crippen LogP contribution in [0.5, 0.6) is 0 Å². The lowest BCUT2D eigenvalue weighted by Crippen LogP contribution is -2.24. The Morgan fingerprint density at radius 2 is 1.84 bits per heavy atom. The summed E-state index contributed by atoms with van der Waals surface area (Å²) in [7, 11) is 0. The lowest BCUT2D eigenvalue weighted by Gasteiger charge is -2.09. The van der Waals surface area contributed by atoms with Crippen molar-refractivity contribution in [3.8, 4) is 0 Å². The Bertz CT molecular complexity index is 1010. The average Bonchev–Trinajstić information content (AvgIpc) is 2.57. The molecular weight excluding hydrogens is 359 g/mol. The molecule has 0 amide bonds. The van der Waals surface area contributed by atoms with Crippen molar-refractivity contribution in [3.63, 3.8) is 0 Å². The van der Waals surface area contributed by atoms with Gasteiger partial charge in [0.05, 0.1) is 28.8 Å². The van der Waals surface area contributed by atoms with Crippen LogP contribution in [0, 0.1) is 0 Å². The van der Waals surface area contributed by atoms with Crippen LogP contribution in [0.25, 0.3) is 10.9 Å². The van der Waals surface area contributed by atoms with Gasteiger partial charge >= 0.3 is 0 Å². The van der Waals surface area contributed by atoms with E-state index in [-0.39, 0.29) is 17.9 Å². The number of hydrogen-bond donors (Lipinski definition) is 0. The summed E-state index contributed by atoms with van der Waals surface area (Å²) >= 11 is 12.0. The van der Waals surface area contributed by atoms with Crippen molar-refractivity contribution < 1.29 is 4.79 Å². The number of rotatable bonds is 4. The number of halogens is 2. The van der Waals surface area contributed by atoms with E-state index in [2.05, 4.69) is 18.8 Å². The summed E-state index contributed by atoms with van der Waals surface area (Å²) in [6.07, 6.45) is 1.34. The molecule has 0 saturated carbocycles. The van der Waals surface area contributed by atoms with Gasteiger partial charge in [-0.1, -0.05) is 61.3 Å². The van der Waals surface area contributed by atoms with E-state index in [0.717, 1.165) is 5.56 Å². The molecule has 1 aromatic heterocycles. The van der Waals surface area contributed by atoms with E-state index in [9.17, 15) is 9.59 Å². The van der Waals surface area contributed by atoms with Crippen molar-refractivity contribution in [1.82, 2.24) is 9.55 Å². The highest BCUT2D eigenvalue weighted by molar-refractivity contribution is 6.38. The molecule has 2 aromatic carbocycles. The minimum absolute atomic E-state index is 0.0903. The van der Waals surface area contributed by atoms with Crippen molar-refractivity contribution >= 4 is 39.9 Å². The molecule has 0 aliphatic heterocycles. The summed E-state index contributed by atoms with van der Waals surface area (Å²) in [6.45, 7) is 4.09. The van der Waals surface area contributed by atoms with Crippen LogP contribution in [0.3, 0.4) is 0 Å². The maximum absolute atomic E-state index is 12.6. The first-order valence-corrected chi connectivity index (χ1v) is 8.59. The normalized spacial score (nSPS) is 11.2. The molecule has 0 saturated heterocycles. The molecule has 0 N–H and O–H groups in total. The highest BCUT2D eigenvalue weighted by Crippen LogP contribution is 2.24. The second-order valence-corrected chi connectivity index (χ2v) is 7.00. The summed E-state index contributed by atoms with van der Waals surface area (Å²) in [4.78, 5) is 29.3. The highest BCUT2D eigenvalue weighted by atomic mass is 35.5. The van der Waals surface area contributed by atoms with Crippen LogP contribution in [-0.4, -0.2) is 15.3 Å². The van der Waals surface area contributed by atoms with Gasteiger partial charge in [-0.15, -0.1) is 0 Å². The average molecular weight is 375 g/mol. The summed E-state index contributed by atoms with van der Waals surface area (Å²) in [5.41, 5.74) is 1.74. The molecule has 3 aromatic rings. The number of fused-ring (bicyclic) bond motifs is 1. The Kier molecular flexibility index (Phi) is 4.93. The van der Waals surface area contributed by atoms with Crippen molar-refractivity contribution in [1.29, 1.82) is 0 Å². The van der Waals surface area contributed by atoms with Crippen LogP contribution in [0.15, 0.2) is 47.5 Å². The number of ketones is 1. The van der Waals surface area contributed by atoms with E-state index < -0.39 is 0 Å². The van der Waals surface area contributed by atoms with Gasteiger partial charge in [-0.25, -0.2) is 4.98 Å². The zero-order chi connectivity index (χ0) is 18.1. The SMILES string of the molecule is CC(C)c1ccc(C(=O)Cn2cnc3c(Cl)cc(Cl)cc3c2=O)cc1. The maximum atomic E-state index is 12.6. The van der Waals surface area contributed by atoms with Gasteiger partial charge in [-0.2, -0.15) is 0 Å². The first-order chi connectivity index (χ1) is 11.9. The largest absolute Gasteiger partial charge is 0.292 e. The fourth-order valence-electron chi connectivity index (χ4n) is 2.61. The van der Waals surface area contributed by atoms with Crippen molar-refractivity contribution in [2.45, 2.75) is 26.3 Å². The third-order valence-corrected chi connectivity index (χ3v) is 4.57.